The standard InChI is InChI=1S/C8H12O2/c1-4-5-6(2)7(3)8(9)10/h2-5H2,1H3,(H,9,10). The second kappa shape index (κ2) is 3.88. The van der Waals surface area contributed by atoms with E-state index in [9.17, 15) is 4.79 Å². The minimum Gasteiger partial charge on any atom is -0.478 e. The van der Waals surface area contributed by atoms with E-state index in [1.807, 2.05) is 6.92 Å². The fourth-order valence-electron chi connectivity index (χ4n) is 0.604. The molecular formula is C8H12O2. The van der Waals surface area contributed by atoms with Crippen LogP contribution < -0.4 is 0 Å². The lowest BCUT2D eigenvalue weighted by Gasteiger charge is -2.00. The summed E-state index contributed by atoms with van der Waals surface area (Å²) in [5, 5.41) is 8.42. The summed E-state index contributed by atoms with van der Waals surface area (Å²) in [4.78, 5) is 10.3. The Bertz CT molecular complexity index is 168. The van der Waals surface area contributed by atoms with Crippen molar-refractivity contribution < 1.29 is 9.90 Å². The van der Waals surface area contributed by atoms with Crippen LogP contribution in [0.1, 0.15) is 19.8 Å². The Morgan fingerprint density at radius 1 is 1.50 bits per heavy atom. The Morgan fingerprint density at radius 2 is 2.00 bits per heavy atom. The summed E-state index contributed by atoms with van der Waals surface area (Å²) in [7, 11) is 0. The van der Waals surface area contributed by atoms with E-state index in [1.54, 1.807) is 0 Å². The van der Waals surface area contributed by atoms with Crippen molar-refractivity contribution in [3.63, 3.8) is 0 Å². The fourth-order valence-corrected chi connectivity index (χ4v) is 0.604. The maximum atomic E-state index is 10.3. The lowest BCUT2D eigenvalue weighted by atomic mass is 10.1. The molecule has 56 valence electrons. The molecule has 10 heavy (non-hydrogen) atoms. The van der Waals surface area contributed by atoms with Crippen LogP contribution in [0.25, 0.3) is 0 Å². The number of hydrogen-bond acceptors (Lipinski definition) is 1. The summed E-state index contributed by atoms with van der Waals surface area (Å²) in [6.07, 6.45) is 1.62. The molecule has 0 atom stereocenters. The second-order valence-corrected chi connectivity index (χ2v) is 2.14. The van der Waals surface area contributed by atoms with Crippen molar-refractivity contribution in [2.45, 2.75) is 19.8 Å². The van der Waals surface area contributed by atoms with Crippen LogP contribution in [0.2, 0.25) is 0 Å². The molecule has 0 bridgehead atoms. The molecule has 0 rings (SSSR count). The van der Waals surface area contributed by atoms with Gasteiger partial charge in [-0.2, -0.15) is 0 Å². The van der Waals surface area contributed by atoms with Crippen molar-refractivity contribution in [3.8, 4) is 0 Å². The van der Waals surface area contributed by atoms with Crippen LogP contribution in [0.5, 0.6) is 0 Å². The molecule has 0 saturated carbocycles. The predicted molar refractivity (Wildman–Crippen MR) is 40.8 cm³/mol. The van der Waals surface area contributed by atoms with E-state index in [0.717, 1.165) is 6.42 Å². The zero-order valence-electron chi connectivity index (χ0n) is 6.18. The van der Waals surface area contributed by atoms with Gasteiger partial charge in [-0.05, 0) is 12.0 Å². The molecular weight excluding hydrogens is 128 g/mol. The Kier molecular flexibility index (Phi) is 3.47. The third-order valence-corrected chi connectivity index (χ3v) is 1.24. The van der Waals surface area contributed by atoms with Gasteiger partial charge in [0.25, 0.3) is 0 Å². The van der Waals surface area contributed by atoms with Crippen LogP contribution >= 0.6 is 0 Å². The molecule has 0 spiro atoms. The van der Waals surface area contributed by atoms with Gasteiger partial charge in [0.1, 0.15) is 0 Å². The molecule has 0 aromatic carbocycles. The minimum absolute atomic E-state index is 0.127. The summed E-state index contributed by atoms with van der Waals surface area (Å²) < 4.78 is 0. The highest BCUT2D eigenvalue weighted by atomic mass is 16.4. The number of carboxylic acid groups (broad SMARTS) is 1. The van der Waals surface area contributed by atoms with E-state index in [2.05, 4.69) is 13.2 Å². The van der Waals surface area contributed by atoms with Crippen LogP contribution in [0.3, 0.4) is 0 Å². The largest absolute Gasteiger partial charge is 0.478 e. The summed E-state index contributed by atoms with van der Waals surface area (Å²) in [5.41, 5.74) is 0.747. The van der Waals surface area contributed by atoms with Crippen LogP contribution in [0.4, 0.5) is 0 Å². The fraction of sp³-hybridized carbons (Fsp3) is 0.375. The third kappa shape index (κ3) is 2.49. The highest BCUT2D eigenvalue weighted by Gasteiger charge is 2.05. The normalized spacial score (nSPS) is 8.90. The first-order chi connectivity index (χ1) is 4.59. The first-order valence-electron chi connectivity index (χ1n) is 3.20. The maximum absolute atomic E-state index is 10.3. The van der Waals surface area contributed by atoms with E-state index in [0.29, 0.717) is 12.0 Å². The summed E-state index contributed by atoms with van der Waals surface area (Å²) in [5.74, 6) is -0.974. The zero-order valence-corrected chi connectivity index (χ0v) is 6.18. The van der Waals surface area contributed by atoms with Gasteiger partial charge in [0.05, 0.1) is 5.57 Å². The average molecular weight is 140 g/mol. The van der Waals surface area contributed by atoms with E-state index in [4.69, 9.17) is 5.11 Å². The summed E-state index contributed by atoms with van der Waals surface area (Å²) >= 11 is 0. The van der Waals surface area contributed by atoms with E-state index < -0.39 is 5.97 Å². The van der Waals surface area contributed by atoms with Gasteiger partial charge in [0, 0.05) is 0 Å². The number of carbonyl (C=O) groups is 1. The van der Waals surface area contributed by atoms with Gasteiger partial charge in [-0.1, -0.05) is 26.5 Å². The van der Waals surface area contributed by atoms with Gasteiger partial charge < -0.3 is 5.11 Å². The predicted octanol–water partition coefficient (Wildman–Crippen LogP) is 1.98. The minimum atomic E-state index is -0.974. The smallest absolute Gasteiger partial charge is 0.335 e. The van der Waals surface area contributed by atoms with Gasteiger partial charge in [0.15, 0.2) is 0 Å². The van der Waals surface area contributed by atoms with Crippen molar-refractivity contribution in [2.24, 2.45) is 0 Å². The first kappa shape index (κ1) is 8.95. The quantitative estimate of drug-likeness (QED) is 0.479. The molecule has 0 aliphatic carbocycles. The number of rotatable bonds is 4. The maximum Gasteiger partial charge on any atom is 0.335 e. The zero-order chi connectivity index (χ0) is 8.15. The van der Waals surface area contributed by atoms with Crippen molar-refractivity contribution in [1.82, 2.24) is 0 Å². The van der Waals surface area contributed by atoms with Crippen LogP contribution in [-0.4, -0.2) is 11.1 Å². The molecule has 0 aliphatic heterocycles. The van der Waals surface area contributed by atoms with Gasteiger partial charge >= 0.3 is 5.97 Å². The highest BCUT2D eigenvalue weighted by molar-refractivity contribution is 5.90. The summed E-state index contributed by atoms with van der Waals surface area (Å²) in [6, 6.07) is 0. The van der Waals surface area contributed by atoms with Gasteiger partial charge in [0.2, 0.25) is 0 Å². The number of aliphatic carboxylic acids is 1. The monoisotopic (exact) mass is 140 g/mol. The topological polar surface area (TPSA) is 37.3 Å². The van der Waals surface area contributed by atoms with Crippen molar-refractivity contribution in [1.29, 1.82) is 0 Å². The van der Waals surface area contributed by atoms with E-state index in [1.165, 1.54) is 0 Å². The molecule has 0 aromatic heterocycles. The Labute approximate surface area is 60.9 Å². The summed E-state index contributed by atoms with van der Waals surface area (Å²) in [6.45, 7) is 8.93. The molecule has 0 amide bonds. The van der Waals surface area contributed by atoms with Gasteiger partial charge in [-0.15, -0.1) is 0 Å². The molecule has 0 saturated heterocycles. The van der Waals surface area contributed by atoms with Crippen molar-refractivity contribution in [2.75, 3.05) is 0 Å². The van der Waals surface area contributed by atoms with E-state index in [-0.39, 0.29) is 5.57 Å². The van der Waals surface area contributed by atoms with Crippen molar-refractivity contribution >= 4 is 5.97 Å². The molecule has 0 heterocycles. The SMILES string of the molecule is C=C(CCC)C(=C)C(=O)O. The molecule has 2 heteroatoms. The second-order valence-electron chi connectivity index (χ2n) is 2.14. The van der Waals surface area contributed by atoms with E-state index >= 15 is 0 Å². The van der Waals surface area contributed by atoms with Crippen molar-refractivity contribution in [3.05, 3.63) is 24.3 Å². The highest BCUT2D eigenvalue weighted by Crippen LogP contribution is 2.11. The molecule has 0 radical (unpaired) electrons. The molecule has 0 unspecified atom stereocenters. The molecule has 0 aromatic rings. The molecule has 2 nitrogen and oxygen atoms in total. The Hall–Kier alpha value is -1.05. The average Bonchev–Trinajstić information content (AvgIpc) is 1.87. The van der Waals surface area contributed by atoms with Gasteiger partial charge in [-0.3, -0.25) is 0 Å². The van der Waals surface area contributed by atoms with Crippen LogP contribution in [0.15, 0.2) is 24.3 Å². The van der Waals surface area contributed by atoms with Gasteiger partial charge in [-0.25, -0.2) is 4.79 Å². The number of hydrogen-bond donors (Lipinski definition) is 1. The number of carboxylic acids is 1. The third-order valence-electron chi connectivity index (χ3n) is 1.24. The molecule has 0 aliphatic rings. The van der Waals surface area contributed by atoms with Crippen LogP contribution in [0, 0.1) is 0 Å². The Balaban J connectivity index is 3.96. The first-order valence-corrected chi connectivity index (χ1v) is 3.20. The molecule has 0 fully saturated rings. The lowest BCUT2D eigenvalue weighted by Crippen LogP contribution is -2.00. The van der Waals surface area contributed by atoms with Crippen LogP contribution in [-0.2, 0) is 4.79 Å². The molecule has 1 N–H and O–H groups in total. The lowest BCUT2D eigenvalue weighted by molar-refractivity contribution is -0.132. The Morgan fingerprint density at radius 3 is 2.30 bits per heavy atom.